The first-order valence-electron chi connectivity index (χ1n) is 13.4. The summed E-state index contributed by atoms with van der Waals surface area (Å²) in [6, 6.07) is 11.8. The summed E-state index contributed by atoms with van der Waals surface area (Å²) in [6.45, 7) is 6.00. The maximum absolute atomic E-state index is 16.2. The molecule has 0 unspecified atom stereocenters. The van der Waals surface area contributed by atoms with Crippen LogP contribution in [0.3, 0.4) is 0 Å². The van der Waals surface area contributed by atoms with E-state index < -0.39 is 52.8 Å². The lowest BCUT2D eigenvalue weighted by Crippen LogP contribution is -2.49. The molecule has 3 aromatic rings. The van der Waals surface area contributed by atoms with Crippen LogP contribution in [0.5, 0.6) is 0 Å². The van der Waals surface area contributed by atoms with Crippen LogP contribution in [0, 0.1) is 17.0 Å². The largest absolute Gasteiger partial charge is 0.366 e. The van der Waals surface area contributed by atoms with Crippen LogP contribution in [0.4, 0.5) is 20.2 Å². The zero-order valence-corrected chi connectivity index (χ0v) is 26.1. The minimum atomic E-state index is -1.55. The molecule has 2 heterocycles. The number of benzene rings is 3. The van der Waals surface area contributed by atoms with Gasteiger partial charge in [-0.3, -0.25) is 14.4 Å². The summed E-state index contributed by atoms with van der Waals surface area (Å²) in [6.07, 6.45) is 0.408. The van der Waals surface area contributed by atoms with Gasteiger partial charge in [0.25, 0.3) is 0 Å². The van der Waals surface area contributed by atoms with Crippen LogP contribution in [0.2, 0.25) is 5.02 Å². The Labute approximate surface area is 261 Å². The minimum Gasteiger partial charge on any atom is -0.366 e. The van der Waals surface area contributed by atoms with Gasteiger partial charge >= 0.3 is 0 Å². The van der Waals surface area contributed by atoms with Crippen molar-refractivity contribution in [3.8, 4) is 0 Å². The predicted octanol–water partition coefficient (Wildman–Crippen LogP) is 6.04. The maximum Gasteiger partial charge on any atom is 0.248 e. The van der Waals surface area contributed by atoms with Gasteiger partial charge < -0.3 is 21.7 Å². The molecule has 5 N–H and O–H groups in total. The van der Waals surface area contributed by atoms with Gasteiger partial charge in [0.1, 0.15) is 17.0 Å². The number of hydrogen-bond donors (Lipinski definition) is 4. The molecule has 5 rings (SSSR count). The van der Waals surface area contributed by atoms with E-state index in [9.17, 15) is 14.4 Å². The van der Waals surface area contributed by atoms with Crippen molar-refractivity contribution < 1.29 is 23.2 Å². The van der Waals surface area contributed by atoms with Gasteiger partial charge in [0.15, 0.2) is 0 Å². The number of anilines is 2. The molecule has 0 radical (unpaired) electrons. The molecule has 3 aromatic carbocycles. The number of rotatable bonds is 6. The highest BCUT2D eigenvalue weighted by atomic mass is 127. The second-order valence-corrected chi connectivity index (χ2v) is 13.1. The quantitative estimate of drug-likeness (QED) is 0.185. The van der Waals surface area contributed by atoms with Crippen molar-refractivity contribution in [1.29, 1.82) is 0 Å². The van der Waals surface area contributed by atoms with Crippen molar-refractivity contribution in [2.24, 2.45) is 11.1 Å². The van der Waals surface area contributed by atoms with Gasteiger partial charge in [-0.05, 0) is 64.9 Å². The average Bonchev–Trinajstić information content (AvgIpc) is 3.38. The number of fused-ring (bicyclic) bond motifs is 2. The molecule has 4 atom stereocenters. The average molecular weight is 707 g/mol. The van der Waals surface area contributed by atoms with Gasteiger partial charge in [-0.15, -0.1) is 0 Å². The van der Waals surface area contributed by atoms with Gasteiger partial charge in [0, 0.05) is 33.3 Å². The van der Waals surface area contributed by atoms with E-state index in [0.717, 1.165) is 0 Å². The number of carbonyl (C=O) groups excluding carboxylic acids is 3. The molecule has 0 aliphatic carbocycles. The first-order chi connectivity index (χ1) is 19.8. The second kappa shape index (κ2) is 11.2. The fraction of sp³-hybridized carbons (Fsp3) is 0.323. The van der Waals surface area contributed by atoms with Crippen molar-refractivity contribution in [1.82, 2.24) is 5.32 Å². The Balaban J connectivity index is 1.72. The fourth-order valence-electron chi connectivity index (χ4n) is 6.28. The summed E-state index contributed by atoms with van der Waals surface area (Å²) < 4.78 is 31.7. The molecule has 3 amide bonds. The van der Waals surface area contributed by atoms with Crippen LogP contribution < -0.4 is 21.7 Å². The van der Waals surface area contributed by atoms with Crippen molar-refractivity contribution >= 4 is 63.3 Å². The summed E-state index contributed by atoms with van der Waals surface area (Å²) in [5.74, 6) is -3.89. The smallest absolute Gasteiger partial charge is 0.248 e. The van der Waals surface area contributed by atoms with E-state index in [0.29, 0.717) is 33.4 Å². The van der Waals surface area contributed by atoms with Crippen LogP contribution in [0.25, 0.3) is 0 Å². The van der Waals surface area contributed by atoms with Crippen LogP contribution >= 0.6 is 34.2 Å². The predicted molar refractivity (Wildman–Crippen MR) is 167 cm³/mol. The van der Waals surface area contributed by atoms with E-state index >= 15 is 8.78 Å². The molecule has 1 saturated heterocycles. The molecule has 7 nitrogen and oxygen atoms in total. The topological polar surface area (TPSA) is 113 Å². The molecule has 1 spiro atoms. The molecule has 0 saturated carbocycles. The molecular weight excluding hydrogens is 677 g/mol. The minimum absolute atomic E-state index is 0.159. The van der Waals surface area contributed by atoms with Gasteiger partial charge in [-0.2, -0.15) is 0 Å². The number of nitrogens with two attached hydrogens (primary N) is 1. The normalized spacial score (nSPS) is 23.1. The van der Waals surface area contributed by atoms with Crippen LogP contribution in [-0.4, -0.2) is 29.8 Å². The molecule has 0 aromatic heterocycles. The lowest BCUT2D eigenvalue weighted by atomic mass is 9.62. The second-order valence-electron chi connectivity index (χ2n) is 12.0. The van der Waals surface area contributed by atoms with E-state index in [2.05, 4.69) is 38.5 Å². The number of primary amides is 1. The standard InChI is InChI=1S/C31H30ClF2IN4O3/c1-30(2,3)13-23-31(19-11-21(33)20(32)12-22(19)38-29(31)42)24(18-6-4-5-16(14-35)25(18)34)26(39-23)28(41)37-17-9-7-15(8-10-17)27(36)40/h4-12,23-24,26,39H,13-14H2,1-3H3,(H2,36,40)(H,37,41)(H,38,42)/t23-,24-,26+,31+/m0/s1. The number of hydrogen-bond acceptors (Lipinski definition) is 4. The molecule has 1 fully saturated rings. The number of amides is 3. The summed E-state index contributed by atoms with van der Waals surface area (Å²) >= 11 is 8.16. The summed E-state index contributed by atoms with van der Waals surface area (Å²) in [7, 11) is 0. The van der Waals surface area contributed by atoms with E-state index in [1.807, 2.05) is 20.8 Å². The Morgan fingerprint density at radius 1 is 1.12 bits per heavy atom. The van der Waals surface area contributed by atoms with Crippen molar-refractivity contribution in [2.75, 3.05) is 10.6 Å². The van der Waals surface area contributed by atoms with E-state index in [-0.39, 0.29) is 21.6 Å². The third-order valence-corrected chi connectivity index (χ3v) is 9.12. The third-order valence-electron chi connectivity index (χ3n) is 8.01. The van der Waals surface area contributed by atoms with E-state index in [1.165, 1.54) is 36.4 Å². The molecular formula is C31H30ClF2IN4O3. The third kappa shape index (κ3) is 5.17. The highest BCUT2D eigenvalue weighted by Crippen LogP contribution is 2.57. The van der Waals surface area contributed by atoms with Crippen molar-refractivity contribution in [3.63, 3.8) is 0 Å². The summed E-state index contributed by atoms with van der Waals surface area (Å²) in [5, 5.41) is 8.92. The van der Waals surface area contributed by atoms with Crippen molar-refractivity contribution in [2.45, 2.75) is 55.0 Å². The Bertz CT molecular complexity index is 1590. The Morgan fingerprint density at radius 3 is 2.43 bits per heavy atom. The van der Waals surface area contributed by atoms with Crippen LogP contribution in [0.1, 0.15) is 60.2 Å². The lowest BCUT2D eigenvalue weighted by Gasteiger charge is -2.37. The molecule has 220 valence electrons. The molecule has 42 heavy (non-hydrogen) atoms. The SMILES string of the molecule is CC(C)(C)C[C@@H]1N[C@@H](C(=O)Nc2ccc(C(N)=O)cc2)[C@H](c2cccc(CI)c2F)[C@]12C(=O)Nc1cc(Cl)c(F)cc12. The van der Waals surface area contributed by atoms with Crippen LogP contribution in [-0.2, 0) is 19.4 Å². The van der Waals surface area contributed by atoms with Gasteiger partial charge in [0.2, 0.25) is 17.7 Å². The Hall–Kier alpha value is -3.09. The van der Waals surface area contributed by atoms with Gasteiger partial charge in [-0.1, -0.05) is 73.2 Å². The number of carbonyl (C=O) groups is 3. The number of nitrogens with one attached hydrogen (secondary N) is 3. The highest BCUT2D eigenvalue weighted by molar-refractivity contribution is 14.1. The van der Waals surface area contributed by atoms with Gasteiger partial charge in [0.05, 0.1) is 11.1 Å². The fourth-order valence-corrected chi connectivity index (χ4v) is 7.04. The summed E-state index contributed by atoms with van der Waals surface area (Å²) in [4.78, 5) is 39.8. The van der Waals surface area contributed by atoms with E-state index in [1.54, 1.807) is 18.2 Å². The lowest BCUT2D eigenvalue weighted by molar-refractivity contribution is -0.122. The highest BCUT2D eigenvalue weighted by Gasteiger charge is 2.66. The Kier molecular flexibility index (Phi) is 8.10. The molecule has 0 bridgehead atoms. The maximum atomic E-state index is 16.2. The van der Waals surface area contributed by atoms with Crippen LogP contribution in [0.15, 0.2) is 54.6 Å². The van der Waals surface area contributed by atoms with Crippen molar-refractivity contribution in [3.05, 3.63) is 93.5 Å². The molecule has 2 aliphatic heterocycles. The first kappa shape index (κ1) is 30.4. The zero-order chi connectivity index (χ0) is 30.6. The first-order valence-corrected chi connectivity index (χ1v) is 15.3. The van der Waals surface area contributed by atoms with E-state index in [4.69, 9.17) is 17.3 Å². The Morgan fingerprint density at radius 2 is 1.81 bits per heavy atom. The summed E-state index contributed by atoms with van der Waals surface area (Å²) in [5.41, 5.74) is 5.36. The molecule has 2 aliphatic rings. The number of halogens is 4. The molecule has 11 heteroatoms. The zero-order valence-electron chi connectivity index (χ0n) is 23.2. The number of alkyl halides is 1. The van der Waals surface area contributed by atoms with Gasteiger partial charge in [-0.25, -0.2) is 8.78 Å². The monoisotopic (exact) mass is 706 g/mol.